The first-order chi connectivity index (χ1) is 14.1. The van der Waals surface area contributed by atoms with Crippen LogP contribution in [0.4, 0.5) is 11.4 Å². The van der Waals surface area contributed by atoms with Crippen molar-refractivity contribution in [3.05, 3.63) is 83.4 Å². The van der Waals surface area contributed by atoms with Crippen molar-refractivity contribution in [1.82, 2.24) is 0 Å². The van der Waals surface area contributed by atoms with Gasteiger partial charge >= 0.3 is 11.9 Å². The number of ether oxygens (including phenoxy) is 2. The average molecular weight is 404 g/mol. The van der Waals surface area contributed by atoms with Gasteiger partial charge in [-0.15, -0.1) is 0 Å². The smallest absolute Gasteiger partial charge is 0.343 e. The first kappa shape index (κ1) is 20.9. The van der Waals surface area contributed by atoms with Crippen LogP contribution >= 0.6 is 0 Å². The Hall–Kier alpha value is -3.80. The summed E-state index contributed by atoms with van der Waals surface area (Å²) in [6, 6.07) is 18.3. The maximum atomic E-state index is 12.8. The number of rotatable bonds is 4. The standard InChI is InChI=1S/C24H24N2O4/c1-24(2,3)17-13-15(22(27)29-20-10-6-4-8-18(20)25)12-16(14-17)23(28)30-21-11-7-5-9-19(21)26/h4-14H,25-26H2,1-3H3. The van der Waals surface area contributed by atoms with Crippen molar-refractivity contribution >= 4 is 23.3 Å². The highest BCUT2D eigenvalue weighted by Crippen LogP contribution is 2.28. The lowest BCUT2D eigenvalue weighted by Gasteiger charge is -2.21. The second-order valence-electron chi connectivity index (χ2n) is 7.90. The van der Waals surface area contributed by atoms with Crippen LogP contribution in [0.3, 0.4) is 0 Å². The Morgan fingerprint density at radius 3 is 1.47 bits per heavy atom. The molecule has 0 atom stereocenters. The minimum absolute atomic E-state index is 0.221. The molecule has 0 heterocycles. The molecule has 0 unspecified atom stereocenters. The number of nitrogen functional groups attached to an aromatic ring is 2. The predicted molar refractivity (Wildman–Crippen MR) is 117 cm³/mol. The monoisotopic (exact) mass is 404 g/mol. The molecule has 0 aromatic heterocycles. The summed E-state index contributed by atoms with van der Waals surface area (Å²) < 4.78 is 10.9. The van der Waals surface area contributed by atoms with E-state index >= 15 is 0 Å². The Kier molecular flexibility index (Phi) is 5.78. The molecule has 0 aliphatic rings. The van der Waals surface area contributed by atoms with Gasteiger partial charge in [-0.2, -0.15) is 0 Å². The molecule has 0 amide bonds. The van der Waals surface area contributed by atoms with Crippen LogP contribution in [0.2, 0.25) is 0 Å². The molecule has 0 aliphatic carbocycles. The zero-order valence-electron chi connectivity index (χ0n) is 17.1. The molecule has 3 aromatic carbocycles. The Balaban J connectivity index is 1.96. The lowest BCUT2D eigenvalue weighted by atomic mass is 9.85. The quantitative estimate of drug-likeness (QED) is 0.374. The maximum absolute atomic E-state index is 12.8. The third-order valence-electron chi connectivity index (χ3n) is 4.51. The van der Waals surface area contributed by atoms with E-state index in [2.05, 4.69) is 0 Å². The molecule has 154 valence electrons. The maximum Gasteiger partial charge on any atom is 0.343 e. The largest absolute Gasteiger partial charge is 0.421 e. The van der Waals surface area contributed by atoms with E-state index in [-0.39, 0.29) is 28.0 Å². The van der Waals surface area contributed by atoms with Crippen molar-refractivity contribution in [3.8, 4) is 11.5 Å². The number of carbonyl (C=O) groups excluding carboxylic acids is 2. The van der Waals surface area contributed by atoms with E-state index in [1.807, 2.05) is 20.8 Å². The fraction of sp³-hybridized carbons (Fsp3) is 0.167. The lowest BCUT2D eigenvalue weighted by Crippen LogP contribution is -2.18. The summed E-state index contributed by atoms with van der Waals surface area (Å²) in [5.41, 5.74) is 13.3. The Labute approximate surface area is 175 Å². The van der Waals surface area contributed by atoms with Crippen LogP contribution in [0.25, 0.3) is 0 Å². The first-order valence-corrected chi connectivity index (χ1v) is 9.44. The van der Waals surface area contributed by atoms with Crippen molar-refractivity contribution < 1.29 is 19.1 Å². The molecule has 0 saturated carbocycles. The van der Waals surface area contributed by atoms with Gasteiger partial charge in [-0.05, 0) is 53.4 Å². The molecule has 6 nitrogen and oxygen atoms in total. The molecule has 6 heteroatoms. The number of hydrogen-bond donors (Lipinski definition) is 2. The molecule has 0 radical (unpaired) electrons. The van der Waals surface area contributed by atoms with Gasteiger partial charge in [-0.1, -0.05) is 45.0 Å². The summed E-state index contributed by atoms with van der Waals surface area (Å²) in [7, 11) is 0. The number of esters is 2. The molecule has 0 bridgehead atoms. The van der Waals surface area contributed by atoms with Crippen LogP contribution in [-0.2, 0) is 5.41 Å². The van der Waals surface area contributed by atoms with Crippen molar-refractivity contribution in [3.63, 3.8) is 0 Å². The van der Waals surface area contributed by atoms with Gasteiger partial charge in [0, 0.05) is 0 Å². The zero-order chi connectivity index (χ0) is 21.9. The van der Waals surface area contributed by atoms with E-state index in [1.165, 1.54) is 6.07 Å². The molecule has 0 saturated heterocycles. The number of para-hydroxylation sites is 4. The van der Waals surface area contributed by atoms with E-state index in [1.54, 1.807) is 60.7 Å². The summed E-state index contributed by atoms with van der Waals surface area (Å²) >= 11 is 0. The van der Waals surface area contributed by atoms with E-state index in [4.69, 9.17) is 20.9 Å². The van der Waals surface area contributed by atoms with E-state index in [0.29, 0.717) is 11.4 Å². The van der Waals surface area contributed by atoms with Crippen molar-refractivity contribution in [2.75, 3.05) is 11.5 Å². The fourth-order valence-electron chi connectivity index (χ4n) is 2.76. The van der Waals surface area contributed by atoms with E-state index in [0.717, 1.165) is 5.56 Å². The van der Waals surface area contributed by atoms with E-state index in [9.17, 15) is 9.59 Å². The zero-order valence-corrected chi connectivity index (χ0v) is 17.1. The summed E-state index contributed by atoms with van der Waals surface area (Å²) in [4.78, 5) is 25.6. The number of benzene rings is 3. The minimum Gasteiger partial charge on any atom is -0.421 e. The third-order valence-corrected chi connectivity index (χ3v) is 4.51. The van der Waals surface area contributed by atoms with Crippen molar-refractivity contribution in [2.24, 2.45) is 0 Å². The number of carbonyl (C=O) groups is 2. The summed E-state index contributed by atoms with van der Waals surface area (Å²) in [5, 5.41) is 0. The Morgan fingerprint density at radius 2 is 1.10 bits per heavy atom. The highest BCUT2D eigenvalue weighted by molar-refractivity contribution is 5.97. The molecule has 30 heavy (non-hydrogen) atoms. The highest BCUT2D eigenvalue weighted by atomic mass is 16.5. The second kappa shape index (κ2) is 8.29. The topological polar surface area (TPSA) is 105 Å². The van der Waals surface area contributed by atoms with Crippen LogP contribution in [0, 0.1) is 0 Å². The Bertz CT molecular complexity index is 1020. The number of nitrogens with two attached hydrogens (primary N) is 2. The molecule has 4 N–H and O–H groups in total. The number of anilines is 2. The molecular formula is C24H24N2O4. The average Bonchev–Trinajstić information content (AvgIpc) is 2.70. The Morgan fingerprint density at radius 1 is 0.700 bits per heavy atom. The minimum atomic E-state index is -0.618. The van der Waals surface area contributed by atoms with Gasteiger partial charge in [-0.3, -0.25) is 0 Å². The van der Waals surface area contributed by atoms with Gasteiger partial charge < -0.3 is 20.9 Å². The molecule has 3 rings (SSSR count). The van der Waals surface area contributed by atoms with Gasteiger partial charge in [0.1, 0.15) is 0 Å². The molecule has 0 spiro atoms. The molecular weight excluding hydrogens is 380 g/mol. The summed E-state index contributed by atoms with van der Waals surface area (Å²) in [6.07, 6.45) is 0. The van der Waals surface area contributed by atoms with Gasteiger partial charge in [0.2, 0.25) is 0 Å². The molecule has 0 aliphatic heterocycles. The second-order valence-corrected chi connectivity index (χ2v) is 7.90. The van der Waals surface area contributed by atoms with Gasteiger partial charge in [0.25, 0.3) is 0 Å². The van der Waals surface area contributed by atoms with Gasteiger partial charge in [0.15, 0.2) is 11.5 Å². The van der Waals surface area contributed by atoms with Crippen molar-refractivity contribution in [1.29, 1.82) is 0 Å². The summed E-state index contributed by atoms with van der Waals surface area (Å²) in [6.45, 7) is 5.95. The van der Waals surface area contributed by atoms with Crippen LogP contribution in [0.15, 0.2) is 66.7 Å². The SMILES string of the molecule is CC(C)(C)c1cc(C(=O)Oc2ccccc2N)cc(C(=O)Oc2ccccc2N)c1. The molecule has 0 fully saturated rings. The van der Waals surface area contributed by atoms with Crippen LogP contribution in [0.1, 0.15) is 47.1 Å². The van der Waals surface area contributed by atoms with Crippen LogP contribution in [-0.4, -0.2) is 11.9 Å². The third kappa shape index (κ3) is 4.78. The van der Waals surface area contributed by atoms with Gasteiger partial charge in [-0.25, -0.2) is 9.59 Å². The van der Waals surface area contributed by atoms with E-state index < -0.39 is 11.9 Å². The van der Waals surface area contributed by atoms with Crippen LogP contribution < -0.4 is 20.9 Å². The highest BCUT2D eigenvalue weighted by Gasteiger charge is 2.22. The van der Waals surface area contributed by atoms with Crippen molar-refractivity contribution in [2.45, 2.75) is 26.2 Å². The molecule has 3 aromatic rings. The number of hydrogen-bond acceptors (Lipinski definition) is 6. The van der Waals surface area contributed by atoms with Gasteiger partial charge in [0.05, 0.1) is 22.5 Å². The predicted octanol–water partition coefficient (Wildman–Crippen LogP) is 4.59. The first-order valence-electron chi connectivity index (χ1n) is 9.44. The summed E-state index contributed by atoms with van der Waals surface area (Å²) in [5.74, 6) is -0.728. The lowest BCUT2D eigenvalue weighted by molar-refractivity contribution is 0.0735. The fourth-order valence-corrected chi connectivity index (χ4v) is 2.76. The van der Waals surface area contributed by atoms with Crippen LogP contribution in [0.5, 0.6) is 11.5 Å². The normalized spacial score (nSPS) is 11.0.